The van der Waals surface area contributed by atoms with Crippen LogP contribution in [0.1, 0.15) is 31.9 Å². The Labute approximate surface area is 97.6 Å². The van der Waals surface area contributed by atoms with Gasteiger partial charge in [0.1, 0.15) is 0 Å². The van der Waals surface area contributed by atoms with Crippen LogP contribution in [-0.4, -0.2) is 14.2 Å². The van der Waals surface area contributed by atoms with E-state index in [-0.39, 0.29) is 6.04 Å². The third kappa shape index (κ3) is 2.67. The van der Waals surface area contributed by atoms with Crippen LogP contribution < -0.4 is 15.2 Å². The van der Waals surface area contributed by atoms with Crippen molar-refractivity contribution in [1.29, 1.82) is 0 Å². The number of rotatable bonds is 5. The van der Waals surface area contributed by atoms with E-state index in [4.69, 9.17) is 15.2 Å². The highest BCUT2D eigenvalue weighted by atomic mass is 16.5. The fraction of sp³-hybridized carbons (Fsp3) is 0.538. The predicted molar refractivity (Wildman–Crippen MR) is 65.9 cm³/mol. The lowest BCUT2D eigenvalue weighted by atomic mass is 9.93. The molecule has 0 heterocycles. The van der Waals surface area contributed by atoms with Gasteiger partial charge in [-0.25, -0.2) is 0 Å². The van der Waals surface area contributed by atoms with Crippen LogP contribution in [0.25, 0.3) is 0 Å². The summed E-state index contributed by atoms with van der Waals surface area (Å²) in [5.74, 6) is 1.93. The summed E-state index contributed by atoms with van der Waals surface area (Å²) in [6.07, 6.45) is 1.06. The number of hydrogen-bond donors (Lipinski definition) is 1. The van der Waals surface area contributed by atoms with Crippen molar-refractivity contribution in [2.24, 2.45) is 11.7 Å². The molecule has 16 heavy (non-hydrogen) atoms. The van der Waals surface area contributed by atoms with Crippen LogP contribution >= 0.6 is 0 Å². The van der Waals surface area contributed by atoms with E-state index in [1.54, 1.807) is 14.2 Å². The van der Waals surface area contributed by atoms with E-state index in [9.17, 15) is 0 Å². The number of methoxy groups -OCH3 is 2. The first-order valence-corrected chi connectivity index (χ1v) is 5.61. The minimum absolute atomic E-state index is 0.0461. The van der Waals surface area contributed by atoms with Crippen LogP contribution in [-0.2, 0) is 0 Å². The van der Waals surface area contributed by atoms with Gasteiger partial charge in [0.2, 0.25) is 0 Å². The molecule has 0 aliphatic heterocycles. The molecule has 2 atom stereocenters. The molecule has 0 radical (unpaired) electrons. The highest BCUT2D eigenvalue weighted by molar-refractivity contribution is 5.43. The van der Waals surface area contributed by atoms with Crippen molar-refractivity contribution >= 4 is 0 Å². The SMILES string of the molecule is CCC(C)C(N)c1ccc(OC)c(OC)c1. The molecule has 0 saturated heterocycles. The van der Waals surface area contributed by atoms with Gasteiger partial charge in [-0.1, -0.05) is 26.3 Å². The third-order valence-electron chi connectivity index (χ3n) is 3.05. The summed E-state index contributed by atoms with van der Waals surface area (Å²) in [4.78, 5) is 0. The van der Waals surface area contributed by atoms with Crippen molar-refractivity contribution in [2.45, 2.75) is 26.3 Å². The zero-order chi connectivity index (χ0) is 12.1. The molecule has 3 nitrogen and oxygen atoms in total. The average Bonchev–Trinajstić information content (AvgIpc) is 2.35. The van der Waals surface area contributed by atoms with E-state index in [1.165, 1.54) is 0 Å². The predicted octanol–water partition coefficient (Wildman–Crippen LogP) is 2.75. The summed E-state index contributed by atoms with van der Waals surface area (Å²) < 4.78 is 10.5. The van der Waals surface area contributed by atoms with Crippen molar-refractivity contribution in [3.63, 3.8) is 0 Å². The molecule has 1 aromatic rings. The van der Waals surface area contributed by atoms with Crippen LogP contribution in [0, 0.1) is 5.92 Å². The van der Waals surface area contributed by atoms with Crippen molar-refractivity contribution in [3.8, 4) is 11.5 Å². The topological polar surface area (TPSA) is 44.5 Å². The van der Waals surface area contributed by atoms with E-state index < -0.39 is 0 Å². The Morgan fingerprint density at radius 2 is 1.81 bits per heavy atom. The molecular weight excluding hydrogens is 202 g/mol. The van der Waals surface area contributed by atoms with Crippen LogP contribution in [0.3, 0.4) is 0 Å². The Morgan fingerprint density at radius 3 is 2.31 bits per heavy atom. The van der Waals surface area contributed by atoms with Crippen LogP contribution in [0.15, 0.2) is 18.2 Å². The lowest BCUT2D eigenvalue weighted by Gasteiger charge is -2.20. The Hall–Kier alpha value is -1.22. The number of hydrogen-bond acceptors (Lipinski definition) is 3. The molecule has 0 bridgehead atoms. The lowest BCUT2D eigenvalue weighted by Crippen LogP contribution is -2.18. The second-order valence-corrected chi connectivity index (χ2v) is 4.03. The number of ether oxygens (including phenoxy) is 2. The van der Waals surface area contributed by atoms with Gasteiger partial charge in [0.05, 0.1) is 14.2 Å². The Kier molecular flexibility index (Phi) is 4.62. The van der Waals surface area contributed by atoms with Gasteiger partial charge in [0.15, 0.2) is 11.5 Å². The van der Waals surface area contributed by atoms with E-state index in [2.05, 4.69) is 13.8 Å². The summed E-state index contributed by atoms with van der Waals surface area (Å²) in [6, 6.07) is 5.90. The Morgan fingerprint density at radius 1 is 1.19 bits per heavy atom. The van der Waals surface area contributed by atoms with Crippen molar-refractivity contribution < 1.29 is 9.47 Å². The van der Waals surface area contributed by atoms with Crippen LogP contribution in [0.2, 0.25) is 0 Å². The fourth-order valence-corrected chi connectivity index (χ4v) is 1.64. The summed E-state index contributed by atoms with van der Waals surface area (Å²) >= 11 is 0. The quantitative estimate of drug-likeness (QED) is 0.834. The molecule has 90 valence electrons. The summed E-state index contributed by atoms with van der Waals surface area (Å²) in [5, 5.41) is 0. The summed E-state index contributed by atoms with van der Waals surface area (Å²) in [7, 11) is 3.27. The van der Waals surface area contributed by atoms with Gasteiger partial charge in [0, 0.05) is 6.04 Å². The van der Waals surface area contributed by atoms with Gasteiger partial charge in [-0.2, -0.15) is 0 Å². The highest BCUT2D eigenvalue weighted by Gasteiger charge is 2.15. The van der Waals surface area contributed by atoms with Gasteiger partial charge in [0.25, 0.3) is 0 Å². The Balaban J connectivity index is 2.98. The average molecular weight is 223 g/mol. The summed E-state index contributed by atoms with van der Waals surface area (Å²) in [6.45, 7) is 4.30. The van der Waals surface area contributed by atoms with E-state index in [0.29, 0.717) is 5.92 Å². The normalized spacial score (nSPS) is 14.3. The summed E-state index contributed by atoms with van der Waals surface area (Å²) in [5.41, 5.74) is 7.26. The minimum atomic E-state index is 0.0461. The molecular formula is C13H21NO2. The molecule has 2 unspecified atom stereocenters. The zero-order valence-corrected chi connectivity index (χ0v) is 10.5. The minimum Gasteiger partial charge on any atom is -0.493 e. The second kappa shape index (κ2) is 5.75. The fourth-order valence-electron chi connectivity index (χ4n) is 1.64. The molecule has 0 amide bonds. The van der Waals surface area contributed by atoms with E-state index in [1.807, 2.05) is 18.2 Å². The smallest absolute Gasteiger partial charge is 0.161 e. The largest absolute Gasteiger partial charge is 0.493 e. The first kappa shape index (κ1) is 12.8. The maximum absolute atomic E-state index is 6.17. The van der Waals surface area contributed by atoms with Crippen molar-refractivity contribution in [1.82, 2.24) is 0 Å². The molecule has 0 fully saturated rings. The molecule has 0 spiro atoms. The molecule has 0 aromatic heterocycles. The van der Waals surface area contributed by atoms with Gasteiger partial charge >= 0.3 is 0 Å². The maximum Gasteiger partial charge on any atom is 0.161 e. The van der Waals surface area contributed by atoms with Gasteiger partial charge < -0.3 is 15.2 Å². The van der Waals surface area contributed by atoms with Crippen LogP contribution in [0.5, 0.6) is 11.5 Å². The van der Waals surface area contributed by atoms with E-state index in [0.717, 1.165) is 23.5 Å². The number of benzene rings is 1. The first-order valence-electron chi connectivity index (χ1n) is 5.61. The second-order valence-electron chi connectivity index (χ2n) is 4.03. The molecule has 1 aromatic carbocycles. The number of nitrogens with two attached hydrogens (primary N) is 1. The van der Waals surface area contributed by atoms with Crippen molar-refractivity contribution in [3.05, 3.63) is 23.8 Å². The van der Waals surface area contributed by atoms with Crippen LogP contribution in [0.4, 0.5) is 0 Å². The van der Waals surface area contributed by atoms with Crippen molar-refractivity contribution in [2.75, 3.05) is 14.2 Å². The molecule has 1 rings (SSSR count). The zero-order valence-electron chi connectivity index (χ0n) is 10.5. The third-order valence-corrected chi connectivity index (χ3v) is 3.05. The maximum atomic E-state index is 6.17. The lowest BCUT2D eigenvalue weighted by molar-refractivity contribution is 0.353. The molecule has 3 heteroatoms. The molecule has 0 aliphatic carbocycles. The van der Waals surface area contributed by atoms with E-state index >= 15 is 0 Å². The van der Waals surface area contributed by atoms with Gasteiger partial charge in [-0.15, -0.1) is 0 Å². The first-order chi connectivity index (χ1) is 7.63. The molecule has 2 N–H and O–H groups in total. The highest BCUT2D eigenvalue weighted by Crippen LogP contribution is 2.31. The standard InChI is InChI=1S/C13H21NO2/c1-5-9(2)13(14)10-6-7-11(15-3)12(8-10)16-4/h6-9,13H,5,14H2,1-4H3. The molecule has 0 aliphatic rings. The van der Waals surface area contributed by atoms with Gasteiger partial charge in [-0.05, 0) is 23.6 Å². The Bertz CT molecular complexity index is 339. The monoisotopic (exact) mass is 223 g/mol. The van der Waals surface area contributed by atoms with Gasteiger partial charge in [-0.3, -0.25) is 0 Å². The molecule has 0 saturated carbocycles.